The zero-order chi connectivity index (χ0) is 11.3. The third-order valence-corrected chi connectivity index (χ3v) is 3.88. The Morgan fingerprint density at radius 2 is 2.38 bits per heavy atom. The van der Waals surface area contributed by atoms with Crippen LogP contribution in [0.5, 0.6) is 0 Å². The lowest BCUT2D eigenvalue weighted by Gasteiger charge is -2.07. The van der Waals surface area contributed by atoms with Crippen LogP contribution in [0.4, 0.5) is 0 Å². The summed E-state index contributed by atoms with van der Waals surface area (Å²) in [4.78, 5) is 11.6. The number of carbonyl (C=O) groups is 1. The van der Waals surface area contributed by atoms with E-state index in [4.69, 9.17) is 16.3 Å². The van der Waals surface area contributed by atoms with Gasteiger partial charge in [-0.3, -0.25) is 4.79 Å². The van der Waals surface area contributed by atoms with Crippen LogP contribution in [-0.4, -0.2) is 12.6 Å². The van der Waals surface area contributed by atoms with Gasteiger partial charge in [-0.25, -0.2) is 0 Å². The van der Waals surface area contributed by atoms with Gasteiger partial charge in [-0.15, -0.1) is 0 Å². The first-order chi connectivity index (χ1) is 7.72. The Morgan fingerprint density at radius 1 is 1.56 bits per heavy atom. The smallest absolute Gasteiger partial charge is 0.309 e. The first-order valence-electron chi connectivity index (χ1n) is 5.67. The van der Waals surface area contributed by atoms with Crippen molar-refractivity contribution in [2.45, 2.75) is 19.3 Å². The summed E-state index contributed by atoms with van der Waals surface area (Å²) >= 11 is 5.94. The van der Waals surface area contributed by atoms with Crippen molar-refractivity contribution in [2.75, 3.05) is 6.61 Å². The minimum atomic E-state index is -0.0295. The van der Waals surface area contributed by atoms with Crippen LogP contribution in [0.1, 0.15) is 24.0 Å². The molecule has 16 heavy (non-hydrogen) atoms. The van der Waals surface area contributed by atoms with E-state index in [0.29, 0.717) is 18.4 Å². The fourth-order valence-corrected chi connectivity index (χ4v) is 3.14. The molecule has 1 aromatic carbocycles. The minimum Gasteiger partial charge on any atom is -0.466 e. The van der Waals surface area contributed by atoms with Crippen LogP contribution in [0.3, 0.4) is 0 Å². The number of carbonyl (C=O) groups excluding carboxylic acids is 1. The molecule has 1 saturated carbocycles. The first kappa shape index (κ1) is 10.2. The number of hydrogen-bond acceptors (Lipinski definition) is 2. The number of benzene rings is 1. The lowest BCUT2D eigenvalue weighted by molar-refractivity contribution is -0.145. The summed E-state index contributed by atoms with van der Waals surface area (Å²) in [6.07, 6.45) is 0.976. The molecule has 0 amide bonds. The third kappa shape index (κ3) is 1.36. The van der Waals surface area contributed by atoms with Crippen molar-refractivity contribution in [3.63, 3.8) is 0 Å². The van der Waals surface area contributed by atoms with Crippen molar-refractivity contribution in [3.8, 4) is 0 Å². The van der Waals surface area contributed by atoms with E-state index in [-0.39, 0.29) is 11.9 Å². The Hall–Kier alpha value is -1.02. The molecule has 1 fully saturated rings. The predicted octanol–water partition coefficient (Wildman–Crippen LogP) is 2.79. The molecular weight excluding hydrogens is 224 g/mol. The molecule has 0 aliphatic heterocycles. The molecule has 0 aromatic heterocycles. The third-order valence-electron chi connectivity index (χ3n) is 3.65. The van der Waals surface area contributed by atoms with Crippen molar-refractivity contribution in [3.05, 3.63) is 34.3 Å². The molecule has 0 spiro atoms. The van der Waals surface area contributed by atoms with Crippen LogP contribution >= 0.6 is 11.6 Å². The molecule has 1 aromatic rings. The van der Waals surface area contributed by atoms with Gasteiger partial charge in [0.15, 0.2) is 0 Å². The van der Waals surface area contributed by atoms with Gasteiger partial charge < -0.3 is 4.74 Å². The van der Waals surface area contributed by atoms with Crippen LogP contribution in [-0.2, 0) is 16.0 Å². The van der Waals surface area contributed by atoms with Gasteiger partial charge in [0.25, 0.3) is 0 Å². The van der Waals surface area contributed by atoms with Gasteiger partial charge in [0, 0.05) is 10.9 Å². The van der Waals surface area contributed by atoms with Gasteiger partial charge in [-0.05, 0) is 42.5 Å². The van der Waals surface area contributed by atoms with E-state index in [0.717, 1.165) is 11.4 Å². The molecule has 0 heterocycles. The van der Waals surface area contributed by atoms with Gasteiger partial charge in [0.2, 0.25) is 0 Å². The number of halogens is 1. The highest BCUT2D eigenvalue weighted by Gasteiger charge is 2.60. The molecule has 3 heteroatoms. The number of rotatable bonds is 2. The molecule has 0 unspecified atom stereocenters. The van der Waals surface area contributed by atoms with E-state index in [1.54, 1.807) is 0 Å². The summed E-state index contributed by atoms with van der Waals surface area (Å²) < 4.78 is 5.08. The molecule has 2 nitrogen and oxygen atoms in total. The zero-order valence-corrected chi connectivity index (χ0v) is 9.83. The Balaban J connectivity index is 1.82. The van der Waals surface area contributed by atoms with Crippen LogP contribution in [0.2, 0.25) is 5.02 Å². The second-order valence-corrected chi connectivity index (χ2v) is 4.95. The Labute approximate surface area is 99.6 Å². The van der Waals surface area contributed by atoms with Crippen LogP contribution in [0.25, 0.3) is 0 Å². The molecule has 2 aliphatic carbocycles. The Kier molecular flexibility index (Phi) is 2.21. The fraction of sp³-hybridized carbons (Fsp3) is 0.462. The van der Waals surface area contributed by atoms with Gasteiger partial charge in [-0.2, -0.15) is 0 Å². The molecule has 0 bridgehead atoms. The summed E-state index contributed by atoms with van der Waals surface area (Å²) in [7, 11) is 0. The van der Waals surface area contributed by atoms with Crippen LogP contribution < -0.4 is 0 Å². The maximum atomic E-state index is 11.6. The van der Waals surface area contributed by atoms with Gasteiger partial charge in [0.1, 0.15) is 0 Å². The molecule has 0 saturated heterocycles. The van der Waals surface area contributed by atoms with E-state index in [1.165, 1.54) is 11.1 Å². The SMILES string of the molecule is CCOC(=O)[C@@H]1[C@@H]2Cc3cc(Cl)ccc3[C@H]21. The van der Waals surface area contributed by atoms with Gasteiger partial charge >= 0.3 is 5.97 Å². The topological polar surface area (TPSA) is 26.3 Å². The highest BCUT2D eigenvalue weighted by atomic mass is 35.5. The summed E-state index contributed by atoms with van der Waals surface area (Å²) in [6.45, 7) is 2.33. The molecule has 3 atom stereocenters. The monoisotopic (exact) mass is 236 g/mol. The van der Waals surface area contributed by atoms with Crippen molar-refractivity contribution >= 4 is 17.6 Å². The van der Waals surface area contributed by atoms with Gasteiger partial charge in [-0.1, -0.05) is 17.7 Å². The molecule has 0 N–H and O–H groups in total. The van der Waals surface area contributed by atoms with Crippen molar-refractivity contribution in [1.29, 1.82) is 0 Å². The van der Waals surface area contributed by atoms with Crippen LogP contribution in [0, 0.1) is 11.8 Å². The lowest BCUT2D eigenvalue weighted by atomic mass is 10.0. The van der Waals surface area contributed by atoms with Gasteiger partial charge in [0.05, 0.1) is 12.5 Å². The van der Waals surface area contributed by atoms with E-state index in [1.807, 2.05) is 19.1 Å². The van der Waals surface area contributed by atoms with Crippen molar-refractivity contribution in [1.82, 2.24) is 0 Å². The number of ether oxygens (including phenoxy) is 1. The highest BCUT2D eigenvalue weighted by Crippen LogP contribution is 2.61. The van der Waals surface area contributed by atoms with Crippen LogP contribution in [0.15, 0.2) is 18.2 Å². The quantitative estimate of drug-likeness (QED) is 0.739. The molecule has 3 rings (SSSR count). The summed E-state index contributed by atoms with van der Waals surface area (Å²) in [5, 5.41) is 0.785. The minimum absolute atomic E-state index is 0.0295. The molecule has 0 radical (unpaired) electrons. The Bertz CT molecular complexity index is 455. The highest BCUT2D eigenvalue weighted by molar-refractivity contribution is 6.30. The second-order valence-electron chi connectivity index (χ2n) is 4.51. The van der Waals surface area contributed by atoms with E-state index in [9.17, 15) is 4.79 Å². The molecular formula is C13H13ClO2. The van der Waals surface area contributed by atoms with E-state index >= 15 is 0 Å². The number of esters is 1. The van der Waals surface area contributed by atoms with Crippen molar-refractivity contribution < 1.29 is 9.53 Å². The first-order valence-corrected chi connectivity index (χ1v) is 6.05. The lowest BCUT2D eigenvalue weighted by Crippen LogP contribution is -2.10. The number of hydrogen-bond donors (Lipinski definition) is 0. The Morgan fingerprint density at radius 3 is 3.12 bits per heavy atom. The maximum absolute atomic E-state index is 11.6. The normalized spacial score (nSPS) is 29.5. The maximum Gasteiger partial charge on any atom is 0.309 e. The summed E-state index contributed by atoms with van der Waals surface area (Å²) in [5.41, 5.74) is 2.61. The average Bonchev–Trinajstić information content (AvgIpc) is 2.82. The molecule has 2 aliphatic rings. The average molecular weight is 237 g/mol. The van der Waals surface area contributed by atoms with E-state index in [2.05, 4.69) is 6.07 Å². The predicted molar refractivity (Wildman–Crippen MR) is 61.5 cm³/mol. The molecule has 84 valence electrons. The standard InChI is InChI=1S/C13H13ClO2/c1-2-16-13(15)12-10-6-7-5-8(14)3-4-9(7)11(10)12/h3-5,10-12H,2,6H2,1H3/t10-,11-,12-/m1/s1. The zero-order valence-electron chi connectivity index (χ0n) is 9.07. The fourth-order valence-electron chi connectivity index (χ4n) is 2.94. The summed E-state index contributed by atoms with van der Waals surface area (Å²) in [5.74, 6) is 0.936. The summed E-state index contributed by atoms with van der Waals surface area (Å²) in [6, 6.07) is 5.98. The second kappa shape index (κ2) is 3.49. The van der Waals surface area contributed by atoms with E-state index < -0.39 is 0 Å². The largest absolute Gasteiger partial charge is 0.466 e. The van der Waals surface area contributed by atoms with Crippen molar-refractivity contribution in [2.24, 2.45) is 11.8 Å². The number of fused-ring (bicyclic) bond motifs is 3.